The molecule has 2 fully saturated rings. The van der Waals surface area contributed by atoms with E-state index in [0.717, 1.165) is 24.8 Å². The second-order valence-corrected chi connectivity index (χ2v) is 10.1. The number of anilines is 3. The summed E-state index contributed by atoms with van der Waals surface area (Å²) in [5, 5.41) is 15.7. The highest BCUT2D eigenvalue weighted by atomic mass is 16.5. The number of rotatable bonds is 7. The maximum atomic E-state index is 13.3. The number of hydrogen-bond acceptors (Lipinski definition) is 8. The SMILES string of the molecule is CO[C@@H]1CCN(Cc2cc3c(nc2C=O)N(C(=O)Nc2cc(N[C@@H]4CC[C@@H]4C)c(C#N)cn2)CCC3)C1=O. The number of pyridine rings is 2. The number of methoxy groups -OCH3 is 1. The molecule has 198 valence electrons. The van der Waals surface area contributed by atoms with Crippen molar-refractivity contribution in [3.05, 3.63) is 40.7 Å². The molecule has 3 aliphatic rings. The Hall–Kier alpha value is -4.04. The Bertz CT molecular complexity index is 1310. The molecule has 0 bridgehead atoms. The van der Waals surface area contributed by atoms with Crippen LogP contribution in [0.2, 0.25) is 0 Å². The molecular weight excluding hydrogens is 486 g/mol. The van der Waals surface area contributed by atoms with Gasteiger partial charge < -0.3 is 15.0 Å². The maximum absolute atomic E-state index is 13.3. The third kappa shape index (κ3) is 4.91. The number of nitrogens with zero attached hydrogens (tertiary/aromatic N) is 5. The maximum Gasteiger partial charge on any atom is 0.328 e. The van der Waals surface area contributed by atoms with Crippen LogP contribution in [0.3, 0.4) is 0 Å². The van der Waals surface area contributed by atoms with Gasteiger partial charge in [-0.2, -0.15) is 5.26 Å². The van der Waals surface area contributed by atoms with Crippen LogP contribution >= 0.6 is 0 Å². The molecule has 0 spiro atoms. The average molecular weight is 518 g/mol. The summed E-state index contributed by atoms with van der Waals surface area (Å²) in [7, 11) is 1.52. The molecule has 0 unspecified atom stereocenters. The van der Waals surface area contributed by atoms with E-state index < -0.39 is 12.1 Å². The topological polar surface area (TPSA) is 141 Å². The number of ether oxygens (including phenoxy) is 1. The smallest absolute Gasteiger partial charge is 0.328 e. The van der Waals surface area contributed by atoms with Crippen molar-refractivity contribution in [3.63, 3.8) is 0 Å². The van der Waals surface area contributed by atoms with Gasteiger partial charge in [0.2, 0.25) is 0 Å². The van der Waals surface area contributed by atoms with Crippen molar-refractivity contribution in [2.75, 3.05) is 35.7 Å². The number of aryl methyl sites for hydroxylation is 1. The van der Waals surface area contributed by atoms with E-state index in [0.29, 0.717) is 72.6 Å². The minimum atomic E-state index is -0.455. The molecule has 11 nitrogen and oxygen atoms in total. The second kappa shape index (κ2) is 10.8. The number of carbonyl (C=O) groups is 3. The van der Waals surface area contributed by atoms with Gasteiger partial charge in [-0.1, -0.05) is 6.92 Å². The van der Waals surface area contributed by atoms with Crippen LogP contribution in [0.15, 0.2) is 18.3 Å². The molecule has 0 radical (unpaired) electrons. The first-order valence-corrected chi connectivity index (χ1v) is 13.0. The first kappa shape index (κ1) is 25.6. The number of amides is 3. The highest BCUT2D eigenvalue weighted by molar-refractivity contribution is 6.02. The molecule has 2 aromatic rings. The molecule has 5 rings (SSSR count). The lowest BCUT2D eigenvalue weighted by Crippen LogP contribution is -2.40. The summed E-state index contributed by atoms with van der Waals surface area (Å²) >= 11 is 0. The summed E-state index contributed by atoms with van der Waals surface area (Å²) in [5.74, 6) is 1.17. The lowest BCUT2D eigenvalue weighted by Gasteiger charge is -2.35. The van der Waals surface area contributed by atoms with Crippen molar-refractivity contribution in [2.24, 2.45) is 5.92 Å². The third-order valence-electron chi connectivity index (χ3n) is 7.75. The molecule has 4 heterocycles. The summed E-state index contributed by atoms with van der Waals surface area (Å²) in [6.07, 6.45) is 5.87. The van der Waals surface area contributed by atoms with Gasteiger partial charge in [-0.3, -0.25) is 19.8 Å². The van der Waals surface area contributed by atoms with Crippen molar-refractivity contribution in [1.82, 2.24) is 14.9 Å². The van der Waals surface area contributed by atoms with Crippen molar-refractivity contribution in [1.29, 1.82) is 5.26 Å². The molecule has 3 amide bonds. The van der Waals surface area contributed by atoms with E-state index in [9.17, 15) is 19.6 Å². The lowest BCUT2D eigenvalue weighted by atomic mass is 9.81. The van der Waals surface area contributed by atoms with E-state index in [2.05, 4.69) is 33.6 Å². The molecule has 1 saturated carbocycles. The summed E-state index contributed by atoms with van der Waals surface area (Å²) in [5.41, 5.74) is 2.77. The zero-order chi connectivity index (χ0) is 26.8. The molecule has 2 aliphatic heterocycles. The van der Waals surface area contributed by atoms with E-state index in [1.165, 1.54) is 18.2 Å². The van der Waals surface area contributed by atoms with Crippen LogP contribution in [-0.4, -0.2) is 65.4 Å². The summed E-state index contributed by atoms with van der Waals surface area (Å²) in [4.78, 5) is 49.7. The van der Waals surface area contributed by atoms with E-state index in [1.54, 1.807) is 11.0 Å². The minimum absolute atomic E-state index is 0.0985. The van der Waals surface area contributed by atoms with Crippen molar-refractivity contribution in [3.8, 4) is 6.07 Å². The highest BCUT2D eigenvalue weighted by Gasteiger charge is 2.33. The number of aromatic nitrogens is 2. The Kier molecular flexibility index (Phi) is 7.24. The number of nitriles is 1. The molecule has 0 aromatic carbocycles. The molecule has 38 heavy (non-hydrogen) atoms. The summed E-state index contributed by atoms with van der Waals surface area (Å²) < 4.78 is 5.23. The van der Waals surface area contributed by atoms with Crippen LogP contribution in [0, 0.1) is 17.2 Å². The Morgan fingerprint density at radius 2 is 2.13 bits per heavy atom. The molecule has 1 saturated heterocycles. The first-order chi connectivity index (χ1) is 18.4. The zero-order valence-electron chi connectivity index (χ0n) is 21.6. The Labute approximate surface area is 221 Å². The van der Waals surface area contributed by atoms with E-state index >= 15 is 0 Å². The summed E-state index contributed by atoms with van der Waals surface area (Å²) in [6.45, 7) is 3.42. The third-order valence-corrected chi connectivity index (χ3v) is 7.75. The van der Waals surface area contributed by atoms with Crippen LogP contribution in [0.25, 0.3) is 0 Å². The fourth-order valence-electron chi connectivity index (χ4n) is 5.27. The number of aldehydes is 1. The number of fused-ring (bicyclic) bond motifs is 1. The molecular formula is C27H31N7O4. The number of carbonyl (C=O) groups excluding carboxylic acids is 3. The molecule has 2 aromatic heterocycles. The fourth-order valence-corrected chi connectivity index (χ4v) is 5.27. The predicted octanol–water partition coefficient (Wildman–Crippen LogP) is 3.10. The molecule has 11 heteroatoms. The lowest BCUT2D eigenvalue weighted by molar-refractivity contribution is -0.136. The van der Waals surface area contributed by atoms with Gasteiger partial charge in [0.05, 0.1) is 11.3 Å². The Balaban J connectivity index is 1.35. The summed E-state index contributed by atoms with van der Waals surface area (Å²) in [6, 6.07) is 5.58. The molecule has 2 N–H and O–H groups in total. The van der Waals surface area contributed by atoms with Gasteiger partial charge in [-0.05, 0) is 43.2 Å². The quantitative estimate of drug-likeness (QED) is 0.534. The molecule has 3 atom stereocenters. The second-order valence-electron chi connectivity index (χ2n) is 10.1. The van der Waals surface area contributed by atoms with Crippen LogP contribution in [0.1, 0.15) is 59.8 Å². The predicted molar refractivity (Wildman–Crippen MR) is 140 cm³/mol. The van der Waals surface area contributed by atoms with Gasteiger partial charge >= 0.3 is 6.03 Å². The van der Waals surface area contributed by atoms with Crippen molar-refractivity contribution >= 4 is 35.5 Å². The van der Waals surface area contributed by atoms with Crippen molar-refractivity contribution in [2.45, 2.75) is 57.7 Å². The highest BCUT2D eigenvalue weighted by Crippen LogP contribution is 2.32. The Morgan fingerprint density at radius 1 is 1.29 bits per heavy atom. The molecule has 1 aliphatic carbocycles. The van der Waals surface area contributed by atoms with Gasteiger partial charge in [0.1, 0.15) is 29.5 Å². The first-order valence-electron chi connectivity index (χ1n) is 13.0. The van der Waals surface area contributed by atoms with Gasteiger partial charge in [0.25, 0.3) is 5.91 Å². The largest absolute Gasteiger partial charge is 0.381 e. The number of nitrogens with one attached hydrogen (secondary N) is 2. The van der Waals surface area contributed by atoms with E-state index in [-0.39, 0.29) is 18.1 Å². The van der Waals surface area contributed by atoms with Crippen molar-refractivity contribution < 1.29 is 19.1 Å². The minimum Gasteiger partial charge on any atom is -0.381 e. The van der Waals surface area contributed by atoms with Gasteiger partial charge in [-0.25, -0.2) is 14.8 Å². The van der Waals surface area contributed by atoms with Gasteiger partial charge in [-0.15, -0.1) is 0 Å². The number of likely N-dealkylation sites (tertiary alicyclic amines) is 1. The van der Waals surface area contributed by atoms with Crippen LogP contribution < -0.4 is 15.5 Å². The monoisotopic (exact) mass is 517 g/mol. The average Bonchev–Trinajstić information content (AvgIpc) is 3.28. The zero-order valence-corrected chi connectivity index (χ0v) is 21.6. The van der Waals surface area contributed by atoms with E-state index in [1.807, 2.05) is 6.07 Å². The normalized spacial score (nSPS) is 22.3. The standard InChI is InChI=1S/C27H31N7O4/c1-16-5-6-20(16)30-21-11-24(29-13-19(21)12-28)32-27(37)34-8-3-4-17-10-18(22(15-35)31-25(17)34)14-33-9-7-23(38-2)26(33)36/h10-11,13,15-16,20,23H,3-9,14H2,1-2H3,(H2,29,30,32,37)/t16-,20+,23+/m0/s1. The van der Waals surface area contributed by atoms with Gasteiger partial charge in [0.15, 0.2) is 6.29 Å². The van der Waals surface area contributed by atoms with Crippen LogP contribution in [-0.2, 0) is 22.5 Å². The van der Waals surface area contributed by atoms with E-state index in [4.69, 9.17) is 4.74 Å². The van der Waals surface area contributed by atoms with Crippen LogP contribution in [0.4, 0.5) is 22.1 Å². The number of hydrogen-bond donors (Lipinski definition) is 2. The van der Waals surface area contributed by atoms with Crippen LogP contribution in [0.5, 0.6) is 0 Å². The van der Waals surface area contributed by atoms with Gasteiger partial charge in [0, 0.05) is 57.0 Å². The Morgan fingerprint density at radius 3 is 2.79 bits per heavy atom. The number of urea groups is 1. The fraction of sp³-hybridized carbons (Fsp3) is 0.481.